The molecule has 2 nitrogen and oxygen atoms in total. The van der Waals surface area contributed by atoms with Crippen LogP contribution in [0.3, 0.4) is 0 Å². The number of benzene rings is 1. The summed E-state index contributed by atoms with van der Waals surface area (Å²) in [5.74, 6) is 0.780. The topological polar surface area (TPSA) is 15.3 Å². The Kier molecular flexibility index (Phi) is 4.87. The van der Waals surface area contributed by atoms with Gasteiger partial charge in [-0.05, 0) is 56.3 Å². The minimum Gasteiger partial charge on any atom is -0.314 e. The minimum absolute atomic E-state index is 0.660. The fourth-order valence-electron chi connectivity index (χ4n) is 2.99. The van der Waals surface area contributed by atoms with Crippen molar-refractivity contribution in [2.24, 2.45) is 5.92 Å². The van der Waals surface area contributed by atoms with Gasteiger partial charge in [0.1, 0.15) is 0 Å². The van der Waals surface area contributed by atoms with E-state index in [1.54, 1.807) is 0 Å². The fourth-order valence-corrected chi connectivity index (χ4v) is 3.37. The molecule has 1 heterocycles. The highest BCUT2D eigenvalue weighted by Crippen LogP contribution is 2.28. The molecule has 1 N–H and O–H groups in total. The first kappa shape index (κ1) is 14.6. The van der Waals surface area contributed by atoms with Crippen molar-refractivity contribution in [3.63, 3.8) is 0 Å². The van der Waals surface area contributed by atoms with Crippen molar-refractivity contribution in [3.05, 3.63) is 33.8 Å². The first-order valence-corrected chi connectivity index (χ1v) is 8.36. The largest absolute Gasteiger partial charge is 0.314 e. The van der Waals surface area contributed by atoms with E-state index in [-0.39, 0.29) is 0 Å². The predicted molar refractivity (Wildman–Crippen MR) is 85.5 cm³/mol. The summed E-state index contributed by atoms with van der Waals surface area (Å²) in [6.45, 7) is 4.43. The van der Waals surface area contributed by atoms with Gasteiger partial charge in [0.2, 0.25) is 0 Å². The van der Waals surface area contributed by atoms with Crippen LogP contribution in [0.4, 0.5) is 0 Å². The number of rotatable bonds is 5. The minimum atomic E-state index is 0.660. The van der Waals surface area contributed by atoms with Crippen LogP contribution in [0.2, 0.25) is 10.0 Å². The smallest absolute Gasteiger partial charge is 0.0637 e. The lowest BCUT2D eigenvalue weighted by Crippen LogP contribution is -2.39. The van der Waals surface area contributed by atoms with Gasteiger partial charge in [-0.3, -0.25) is 4.90 Å². The lowest BCUT2D eigenvalue weighted by Gasteiger charge is -2.33. The third kappa shape index (κ3) is 3.88. The maximum absolute atomic E-state index is 6.29. The Morgan fingerprint density at radius 3 is 2.85 bits per heavy atom. The number of nitrogens with zero attached hydrogens (tertiary/aromatic N) is 1. The van der Waals surface area contributed by atoms with Crippen molar-refractivity contribution in [1.29, 1.82) is 0 Å². The van der Waals surface area contributed by atoms with Crippen LogP contribution in [-0.2, 0) is 6.54 Å². The van der Waals surface area contributed by atoms with E-state index < -0.39 is 0 Å². The SMILES string of the molecule is Clc1cccc(CN2CCCC(CNC3CC3)C2)c1Cl. The molecule has 3 rings (SSSR count). The molecule has 1 atom stereocenters. The van der Waals surface area contributed by atoms with E-state index >= 15 is 0 Å². The van der Waals surface area contributed by atoms with Crippen LogP contribution in [0.1, 0.15) is 31.2 Å². The van der Waals surface area contributed by atoms with Gasteiger partial charge < -0.3 is 5.32 Å². The highest BCUT2D eigenvalue weighted by molar-refractivity contribution is 6.42. The molecule has 1 saturated carbocycles. The molecular formula is C16H22Cl2N2. The molecule has 1 aromatic rings. The monoisotopic (exact) mass is 312 g/mol. The van der Waals surface area contributed by atoms with Gasteiger partial charge in [-0.1, -0.05) is 35.3 Å². The van der Waals surface area contributed by atoms with E-state index in [4.69, 9.17) is 23.2 Å². The molecule has 20 heavy (non-hydrogen) atoms. The third-order valence-electron chi connectivity index (χ3n) is 4.30. The molecule has 1 aliphatic carbocycles. The van der Waals surface area contributed by atoms with Crippen molar-refractivity contribution in [3.8, 4) is 0 Å². The van der Waals surface area contributed by atoms with Gasteiger partial charge in [-0.15, -0.1) is 0 Å². The highest BCUT2D eigenvalue weighted by Gasteiger charge is 2.25. The van der Waals surface area contributed by atoms with Crippen LogP contribution in [0.5, 0.6) is 0 Å². The maximum atomic E-state index is 6.29. The molecule has 1 aliphatic heterocycles. The standard InChI is InChI=1S/C16H22Cl2N2/c17-15-5-1-4-13(16(15)18)11-20-8-2-3-12(10-20)9-19-14-6-7-14/h1,4-5,12,14,19H,2-3,6-11H2. The number of hydrogen-bond acceptors (Lipinski definition) is 2. The van der Waals surface area contributed by atoms with Gasteiger partial charge in [0.15, 0.2) is 0 Å². The maximum Gasteiger partial charge on any atom is 0.0637 e. The van der Waals surface area contributed by atoms with E-state index in [2.05, 4.69) is 16.3 Å². The second-order valence-corrected chi connectivity index (χ2v) is 6.92. The molecule has 110 valence electrons. The van der Waals surface area contributed by atoms with Gasteiger partial charge in [0.05, 0.1) is 10.0 Å². The number of hydrogen-bond donors (Lipinski definition) is 1. The first-order valence-electron chi connectivity index (χ1n) is 7.61. The van der Waals surface area contributed by atoms with Crippen molar-refractivity contribution in [2.45, 2.75) is 38.3 Å². The van der Waals surface area contributed by atoms with E-state index in [0.717, 1.165) is 24.1 Å². The van der Waals surface area contributed by atoms with Gasteiger partial charge in [-0.25, -0.2) is 0 Å². The summed E-state index contributed by atoms with van der Waals surface area (Å²) >= 11 is 12.4. The second kappa shape index (κ2) is 6.65. The predicted octanol–water partition coefficient (Wildman–Crippen LogP) is 3.96. The second-order valence-electron chi connectivity index (χ2n) is 6.14. The summed E-state index contributed by atoms with van der Waals surface area (Å²) in [5.41, 5.74) is 1.15. The zero-order valence-electron chi connectivity index (χ0n) is 11.7. The molecule has 1 unspecified atom stereocenters. The van der Waals surface area contributed by atoms with Crippen molar-refractivity contribution in [1.82, 2.24) is 10.2 Å². The third-order valence-corrected chi connectivity index (χ3v) is 5.16. The van der Waals surface area contributed by atoms with Crippen LogP contribution in [-0.4, -0.2) is 30.6 Å². The zero-order chi connectivity index (χ0) is 13.9. The lowest BCUT2D eigenvalue weighted by atomic mass is 9.97. The Labute approximate surface area is 131 Å². The number of piperidine rings is 1. The summed E-state index contributed by atoms with van der Waals surface area (Å²) in [5, 5.41) is 5.03. The average molecular weight is 313 g/mol. The molecule has 0 amide bonds. The number of nitrogens with one attached hydrogen (secondary N) is 1. The molecule has 0 spiro atoms. The summed E-state index contributed by atoms with van der Waals surface area (Å²) in [7, 11) is 0. The van der Waals surface area contributed by atoms with Crippen LogP contribution in [0, 0.1) is 5.92 Å². The Balaban J connectivity index is 1.54. The normalized spacial score (nSPS) is 24.0. The molecule has 4 heteroatoms. The number of likely N-dealkylation sites (tertiary alicyclic amines) is 1. The molecular weight excluding hydrogens is 291 g/mol. The summed E-state index contributed by atoms with van der Waals surface area (Å²) in [6.07, 6.45) is 5.37. The van der Waals surface area contributed by atoms with Gasteiger partial charge in [-0.2, -0.15) is 0 Å². The van der Waals surface area contributed by atoms with E-state index in [9.17, 15) is 0 Å². The Morgan fingerprint density at radius 2 is 2.05 bits per heavy atom. The Bertz CT molecular complexity index is 460. The van der Waals surface area contributed by atoms with Gasteiger partial charge >= 0.3 is 0 Å². The molecule has 0 aromatic heterocycles. The summed E-state index contributed by atoms with van der Waals surface area (Å²) < 4.78 is 0. The van der Waals surface area contributed by atoms with Gasteiger partial charge in [0.25, 0.3) is 0 Å². The molecule has 2 fully saturated rings. The summed E-state index contributed by atoms with van der Waals surface area (Å²) in [6, 6.07) is 6.74. The lowest BCUT2D eigenvalue weighted by molar-refractivity contribution is 0.165. The van der Waals surface area contributed by atoms with Crippen molar-refractivity contribution >= 4 is 23.2 Å². The molecule has 2 aliphatic rings. The average Bonchev–Trinajstić information content (AvgIpc) is 3.26. The quantitative estimate of drug-likeness (QED) is 0.885. The van der Waals surface area contributed by atoms with Crippen LogP contribution < -0.4 is 5.32 Å². The molecule has 0 radical (unpaired) electrons. The van der Waals surface area contributed by atoms with E-state index in [1.807, 2.05) is 12.1 Å². The van der Waals surface area contributed by atoms with Gasteiger partial charge in [0, 0.05) is 19.1 Å². The van der Waals surface area contributed by atoms with Crippen molar-refractivity contribution in [2.75, 3.05) is 19.6 Å². The number of halogens is 2. The van der Waals surface area contributed by atoms with Crippen LogP contribution in [0.15, 0.2) is 18.2 Å². The summed E-state index contributed by atoms with van der Waals surface area (Å²) in [4.78, 5) is 2.51. The van der Waals surface area contributed by atoms with Crippen LogP contribution in [0.25, 0.3) is 0 Å². The molecule has 0 bridgehead atoms. The Hall–Kier alpha value is -0.280. The molecule has 1 saturated heterocycles. The van der Waals surface area contributed by atoms with E-state index in [1.165, 1.54) is 45.3 Å². The highest BCUT2D eigenvalue weighted by atomic mass is 35.5. The fraction of sp³-hybridized carbons (Fsp3) is 0.625. The van der Waals surface area contributed by atoms with E-state index in [0.29, 0.717) is 10.0 Å². The zero-order valence-corrected chi connectivity index (χ0v) is 13.3. The molecule has 1 aromatic carbocycles. The van der Waals surface area contributed by atoms with Crippen LogP contribution >= 0.6 is 23.2 Å². The first-order chi connectivity index (χ1) is 9.72. The Morgan fingerprint density at radius 1 is 1.20 bits per heavy atom. The van der Waals surface area contributed by atoms with Crippen molar-refractivity contribution < 1.29 is 0 Å².